The maximum Gasteiger partial charge on any atom is 0.319 e. The van der Waals surface area contributed by atoms with Crippen LogP contribution in [0.3, 0.4) is 0 Å². The first kappa shape index (κ1) is 21.4. The molecule has 1 atom stereocenters. The zero-order valence-electron chi connectivity index (χ0n) is 18.7. The molecule has 4 fully saturated rings. The van der Waals surface area contributed by atoms with Gasteiger partial charge >= 0.3 is 6.03 Å². The van der Waals surface area contributed by atoms with Crippen molar-refractivity contribution in [2.45, 2.75) is 39.0 Å². The van der Waals surface area contributed by atoms with Crippen molar-refractivity contribution in [3.63, 3.8) is 0 Å². The van der Waals surface area contributed by atoms with Gasteiger partial charge in [-0.1, -0.05) is 0 Å². The van der Waals surface area contributed by atoms with Crippen LogP contribution in [0.4, 0.5) is 4.79 Å². The highest BCUT2D eigenvalue weighted by atomic mass is 16.5. The molecule has 0 aromatic heterocycles. The molecule has 4 aliphatic rings. The number of nitrogens with zero attached hydrogens (tertiary/aromatic N) is 4. The Hall–Kier alpha value is -1.83. The number of carbonyl (C=O) groups excluding carboxylic acids is 3. The maximum absolute atomic E-state index is 13.5. The molecule has 0 radical (unpaired) electrons. The normalized spacial score (nSPS) is 29.3. The van der Waals surface area contributed by atoms with E-state index in [1.165, 1.54) is 0 Å². The predicted octanol–water partition coefficient (Wildman–Crippen LogP) is 1.26. The summed E-state index contributed by atoms with van der Waals surface area (Å²) in [6, 6.07) is -0.0188. The molecule has 0 saturated carbocycles. The van der Waals surface area contributed by atoms with Crippen molar-refractivity contribution in [1.82, 2.24) is 19.6 Å². The SMILES string of the molecule is CCN1CCC2(CN(C(=O)N(C)C)CC23CCN(C(=O)C2CCOCC2)CC3)C1=O. The molecular formula is C22H36N4O4. The standard InChI is InChI=1S/C22H36N4O4/c1-4-24-12-9-22(19(24)28)16-26(20(29)23(2)3)15-21(22)7-10-25(11-8-21)18(27)17-5-13-30-14-6-17/h17H,4-16H2,1-3H3. The van der Waals surface area contributed by atoms with Crippen LogP contribution in [0.2, 0.25) is 0 Å². The zero-order valence-corrected chi connectivity index (χ0v) is 18.7. The minimum absolute atomic E-state index is 0.0188. The number of hydrogen-bond acceptors (Lipinski definition) is 4. The summed E-state index contributed by atoms with van der Waals surface area (Å²) in [7, 11) is 3.54. The van der Waals surface area contributed by atoms with E-state index in [1.807, 2.05) is 21.6 Å². The molecule has 8 heteroatoms. The number of amides is 4. The number of piperidine rings is 1. The van der Waals surface area contributed by atoms with Crippen LogP contribution in [0.25, 0.3) is 0 Å². The van der Waals surface area contributed by atoms with Gasteiger partial charge in [-0.2, -0.15) is 0 Å². The summed E-state index contributed by atoms with van der Waals surface area (Å²) in [4.78, 5) is 46.8. The quantitative estimate of drug-likeness (QED) is 0.674. The van der Waals surface area contributed by atoms with Crippen molar-refractivity contribution in [2.24, 2.45) is 16.7 Å². The largest absolute Gasteiger partial charge is 0.381 e. The number of rotatable bonds is 2. The third-order valence-corrected chi connectivity index (χ3v) is 8.11. The molecule has 0 aromatic rings. The summed E-state index contributed by atoms with van der Waals surface area (Å²) < 4.78 is 5.41. The number of hydrogen-bond donors (Lipinski definition) is 0. The molecule has 30 heavy (non-hydrogen) atoms. The van der Waals surface area contributed by atoms with Crippen molar-refractivity contribution in [3.8, 4) is 0 Å². The van der Waals surface area contributed by atoms with Gasteiger partial charge in [0.15, 0.2) is 0 Å². The van der Waals surface area contributed by atoms with Gasteiger partial charge in [0.1, 0.15) is 0 Å². The van der Waals surface area contributed by atoms with Crippen molar-refractivity contribution >= 4 is 17.8 Å². The van der Waals surface area contributed by atoms with E-state index in [9.17, 15) is 14.4 Å². The molecule has 0 N–H and O–H groups in total. The summed E-state index contributed by atoms with van der Waals surface area (Å²) >= 11 is 0. The summed E-state index contributed by atoms with van der Waals surface area (Å²) in [5.74, 6) is 0.526. The topological polar surface area (TPSA) is 73.4 Å². The van der Waals surface area contributed by atoms with Crippen molar-refractivity contribution in [2.75, 3.05) is 66.6 Å². The average Bonchev–Trinajstić information content (AvgIpc) is 3.26. The Morgan fingerprint density at radius 2 is 1.70 bits per heavy atom. The first-order chi connectivity index (χ1) is 14.3. The lowest BCUT2D eigenvalue weighted by Gasteiger charge is -2.47. The van der Waals surface area contributed by atoms with Gasteiger partial charge in [0.05, 0.1) is 5.41 Å². The molecule has 4 rings (SSSR count). The first-order valence-electron chi connectivity index (χ1n) is 11.5. The monoisotopic (exact) mass is 420 g/mol. The van der Waals surface area contributed by atoms with E-state index >= 15 is 0 Å². The second-order valence-electron chi connectivity index (χ2n) is 9.74. The van der Waals surface area contributed by atoms with Gasteiger partial charge in [-0.3, -0.25) is 9.59 Å². The third-order valence-electron chi connectivity index (χ3n) is 8.11. The molecule has 0 aliphatic carbocycles. The number of urea groups is 1. The van der Waals surface area contributed by atoms with E-state index in [0.29, 0.717) is 45.9 Å². The van der Waals surface area contributed by atoms with Gasteiger partial charge in [0.25, 0.3) is 0 Å². The fraction of sp³-hybridized carbons (Fsp3) is 0.864. The Kier molecular flexibility index (Phi) is 5.72. The number of fused-ring (bicyclic) bond motifs is 1. The second-order valence-corrected chi connectivity index (χ2v) is 9.74. The minimum Gasteiger partial charge on any atom is -0.381 e. The van der Waals surface area contributed by atoms with Crippen LogP contribution in [0.1, 0.15) is 39.0 Å². The Morgan fingerprint density at radius 1 is 1.03 bits per heavy atom. The molecule has 0 aromatic carbocycles. The van der Waals surface area contributed by atoms with Crippen molar-refractivity contribution in [3.05, 3.63) is 0 Å². The lowest BCUT2D eigenvalue weighted by atomic mass is 9.60. The molecule has 8 nitrogen and oxygen atoms in total. The lowest BCUT2D eigenvalue weighted by Crippen LogP contribution is -2.54. The minimum atomic E-state index is -0.498. The van der Waals surface area contributed by atoms with Crippen LogP contribution in [-0.4, -0.2) is 104 Å². The Labute approximate surface area is 179 Å². The van der Waals surface area contributed by atoms with Crippen LogP contribution >= 0.6 is 0 Å². The van der Waals surface area contributed by atoms with Gasteiger partial charge < -0.3 is 24.3 Å². The fourth-order valence-electron chi connectivity index (χ4n) is 6.26. The molecule has 4 heterocycles. The maximum atomic E-state index is 13.5. The second kappa shape index (κ2) is 8.02. The molecule has 4 saturated heterocycles. The fourth-order valence-corrected chi connectivity index (χ4v) is 6.26. The van der Waals surface area contributed by atoms with Crippen LogP contribution in [-0.2, 0) is 14.3 Å². The van der Waals surface area contributed by atoms with Crippen LogP contribution in [0.15, 0.2) is 0 Å². The van der Waals surface area contributed by atoms with E-state index < -0.39 is 5.41 Å². The number of likely N-dealkylation sites (tertiary alicyclic amines) is 3. The van der Waals surface area contributed by atoms with E-state index in [1.54, 1.807) is 19.0 Å². The van der Waals surface area contributed by atoms with E-state index in [-0.39, 0.29) is 29.2 Å². The molecule has 4 amide bonds. The number of carbonyl (C=O) groups is 3. The zero-order chi connectivity index (χ0) is 21.5. The molecule has 2 spiro atoms. The van der Waals surface area contributed by atoms with Crippen LogP contribution < -0.4 is 0 Å². The summed E-state index contributed by atoms with van der Waals surface area (Å²) in [6.45, 7) is 7.33. The lowest BCUT2D eigenvalue weighted by molar-refractivity contribution is -0.146. The van der Waals surface area contributed by atoms with Crippen molar-refractivity contribution < 1.29 is 19.1 Å². The molecular weight excluding hydrogens is 384 g/mol. The summed E-state index contributed by atoms with van der Waals surface area (Å²) in [5, 5.41) is 0. The third kappa shape index (κ3) is 3.27. The van der Waals surface area contributed by atoms with E-state index in [4.69, 9.17) is 4.74 Å². The van der Waals surface area contributed by atoms with Gasteiger partial charge in [0, 0.05) is 77.9 Å². The summed E-state index contributed by atoms with van der Waals surface area (Å²) in [5.41, 5.74) is -0.728. The predicted molar refractivity (Wildman–Crippen MR) is 112 cm³/mol. The van der Waals surface area contributed by atoms with Crippen molar-refractivity contribution in [1.29, 1.82) is 0 Å². The average molecular weight is 421 g/mol. The molecule has 1 unspecified atom stereocenters. The Bertz CT molecular complexity index is 697. The van der Waals surface area contributed by atoms with Crippen LogP contribution in [0, 0.1) is 16.7 Å². The Balaban J connectivity index is 1.54. The first-order valence-corrected chi connectivity index (χ1v) is 11.5. The molecule has 168 valence electrons. The highest BCUT2D eigenvalue weighted by Gasteiger charge is 2.66. The highest BCUT2D eigenvalue weighted by Crippen LogP contribution is 2.58. The van der Waals surface area contributed by atoms with E-state index in [2.05, 4.69) is 0 Å². The molecule has 0 bridgehead atoms. The van der Waals surface area contributed by atoms with E-state index in [0.717, 1.165) is 38.6 Å². The van der Waals surface area contributed by atoms with Gasteiger partial charge in [-0.05, 0) is 39.0 Å². The van der Waals surface area contributed by atoms with Gasteiger partial charge in [0.2, 0.25) is 11.8 Å². The highest BCUT2D eigenvalue weighted by molar-refractivity contribution is 5.88. The van der Waals surface area contributed by atoms with Crippen LogP contribution in [0.5, 0.6) is 0 Å². The summed E-state index contributed by atoms with van der Waals surface area (Å²) in [6.07, 6.45) is 4.01. The number of ether oxygens (including phenoxy) is 1. The van der Waals surface area contributed by atoms with Gasteiger partial charge in [-0.15, -0.1) is 0 Å². The van der Waals surface area contributed by atoms with Gasteiger partial charge in [-0.25, -0.2) is 4.79 Å². The molecule has 4 aliphatic heterocycles. The Morgan fingerprint density at radius 3 is 2.27 bits per heavy atom. The smallest absolute Gasteiger partial charge is 0.319 e.